The zero-order valence-electron chi connectivity index (χ0n) is 11.1. The van der Waals surface area contributed by atoms with Crippen LogP contribution >= 0.6 is 0 Å². The van der Waals surface area contributed by atoms with E-state index in [1.165, 1.54) is 6.42 Å². The molecule has 0 radical (unpaired) electrons. The number of fused-ring (bicyclic) bond motifs is 1. The lowest BCUT2D eigenvalue weighted by Crippen LogP contribution is -2.52. The van der Waals surface area contributed by atoms with Crippen LogP contribution in [0.3, 0.4) is 0 Å². The third-order valence-corrected chi connectivity index (χ3v) is 3.93. The van der Waals surface area contributed by atoms with Gasteiger partial charge < -0.3 is 15.8 Å². The van der Waals surface area contributed by atoms with Crippen molar-refractivity contribution >= 4 is 16.6 Å². The van der Waals surface area contributed by atoms with E-state index < -0.39 is 0 Å². The molecular formula is C15H19N3O. The van der Waals surface area contributed by atoms with Crippen LogP contribution < -0.4 is 15.8 Å². The third-order valence-electron chi connectivity index (χ3n) is 3.93. The number of anilines is 1. The summed E-state index contributed by atoms with van der Waals surface area (Å²) >= 11 is 0. The summed E-state index contributed by atoms with van der Waals surface area (Å²) < 4.78 is 5.24. The highest BCUT2D eigenvalue weighted by molar-refractivity contribution is 5.92. The Morgan fingerprint density at radius 2 is 2.21 bits per heavy atom. The first-order valence-corrected chi connectivity index (χ1v) is 6.66. The van der Waals surface area contributed by atoms with E-state index in [1.807, 2.05) is 30.5 Å². The van der Waals surface area contributed by atoms with Crippen LogP contribution in [0.1, 0.15) is 19.3 Å². The molecule has 3 rings (SSSR count). The number of rotatable bonds is 4. The number of pyridine rings is 1. The maximum absolute atomic E-state index is 6.23. The largest absolute Gasteiger partial charge is 0.497 e. The molecule has 4 nitrogen and oxygen atoms in total. The number of hydrogen-bond donors (Lipinski definition) is 2. The second kappa shape index (κ2) is 4.70. The van der Waals surface area contributed by atoms with Crippen molar-refractivity contribution in [2.75, 3.05) is 19.0 Å². The van der Waals surface area contributed by atoms with Crippen LogP contribution in [0.2, 0.25) is 0 Å². The highest BCUT2D eigenvalue weighted by atomic mass is 16.5. The van der Waals surface area contributed by atoms with Crippen molar-refractivity contribution in [1.82, 2.24) is 4.98 Å². The molecule has 0 aliphatic heterocycles. The van der Waals surface area contributed by atoms with Gasteiger partial charge in [0.15, 0.2) is 0 Å². The SMILES string of the molecule is COc1ccc2c(NCC3(N)CCC3)nccc2c1. The van der Waals surface area contributed by atoms with Crippen LogP contribution in [0, 0.1) is 0 Å². The third kappa shape index (κ3) is 2.36. The Hall–Kier alpha value is -1.81. The first-order chi connectivity index (χ1) is 9.20. The highest BCUT2D eigenvalue weighted by Gasteiger charge is 2.32. The Kier molecular flexibility index (Phi) is 3.03. The van der Waals surface area contributed by atoms with Gasteiger partial charge in [0, 0.05) is 23.7 Å². The monoisotopic (exact) mass is 257 g/mol. The van der Waals surface area contributed by atoms with Crippen molar-refractivity contribution in [3.8, 4) is 5.75 Å². The molecule has 0 spiro atoms. The number of benzene rings is 1. The molecule has 0 saturated heterocycles. The summed E-state index contributed by atoms with van der Waals surface area (Å²) in [5, 5.41) is 5.62. The molecular weight excluding hydrogens is 238 g/mol. The van der Waals surface area contributed by atoms with E-state index in [-0.39, 0.29) is 5.54 Å². The lowest BCUT2D eigenvalue weighted by atomic mass is 9.78. The summed E-state index contributed by atoms with van der Waals surface area (Å²) in [6, 6.07) is 8.00. The molecule has 0 unspecified atom stereocenters. The van der Waals surface area contributed by atoms with Gasteiger partial charge in [-0.05, 0) is 48.9 Å². The second-order valence-electron chi connectivity index (χ2n) is 5.32. The molecule has 1 aliphatic rings. The van der Waals surface area contributed by atoms with Crippen LogP contribution in [0.25, 0.3) is 10.8 Å². The maximum atomic E-state index is 6.23. The van der Waals surface area contributed by atoms with E-state index >= 15 is 0 Å². The molecule has 19 heavy (non-hydrogen) atoms. The van der Waals surface area contributed by atoms with Gasteiger partial charge in [-0.25, -0.2) is 4.98 Å². The summed E-state index contributed by atoms with van der Waals surface area (Å²) in [7, 11) is 1.68. The van der Waals surface area contributed by atoms with E-state index in [1.54, 1.807) is 7.11 Å². The number of nitrogens with two attached hydrogens (primary N) is 1. The number of hydrogen-bond acceptors (Lipinski definition) is 4. The van der Waals surface area contributed by atoms with Crippen molar-refractivity contribution in [2.45, 2.75) is 24.8 Å². The summed E-state index contributed by atoms with van der Waals surface area (Å²) in [4.78, 5) is 4.42. The standard InChI is InChI=1S/C15H19N3O/c1-19-12-3-4-13-11(9-12)5-8-17-14(13)18-10-15(16)6-2-7-15/h3-5,8-9H,2,6-7,10,16H2,1H3,(H,17,18). The van der Waals surface area contributed by atoms with E-state index in [4.69, 9.17) is 10.5 Å². The van der Waals surface area contributed by atoms with E-state index in [0.29, 0.717) is 0 Å². The molecule has 1 heterocycles. The minimum absolute atomic E-state index is 0.0453. The molecule has 1 aliphatic carbocycles. The van der Waals surface area contributed by atoms with Crippen molar-refractivity contribution in [3.63, 3.8) is 0 Å². The molecule has 1 saturated carbocycles. The predicted octanol–water partition coefficient (Wildman–Crippen LogP) is 2.54. The van der Waals surface area contributed by atoms with Crippen molar-refractivity contribution < 1.29 is 4.74 Å². The van der Waals surface area contributed by atoms with E-state index in [0.717, 1.165) is 41.7 Å². The Bertz CT molecular complexity index is 593. The van der Waals surface area contributed by atoms with Crippen molar-refractivity contribution in [3.05, 3.63) is 30.5 Å². The zero-order valence-corrected chi connectivity index (χ0v) is 11.1. The Labute approximate surface area is 113 Å². The van der Waals surface area contributed by atoms with Crippen LogP contribution in [-0.4, -0.2) is 24.2 Å². The lowest BCUT2D eigenvalue weighted by Gasteiger charge is -2.38. The van der Waals surface area contributed by atoms with Crippen molar-refractivity contribution in [2.24, 2.45) is 5.73 Å². The average Bonchev–Trinajstić information content (AvgIpc) is 2.42. The number of methoxy groups -OCH3 is 1. The van der Waals surface area contributed by atoms with E-state index in [2.05, 4.69) is 10.3 Å². The summed E-state index contributed by atoms with van der Waals surface area (Å²) in [5.74, 6) is 1.76. The Morgan fingerprint density at radius 3 is 2.89 bits per heavy atom. The van der Waals surface area contributed by atoms with Crippen LogP contribution in [0.15, 0.2) is 30.5 Å². The number of nitrogens with zero attached hydrogens (tertiary/aromatic N) is 1. The summed E-state index contributed by atoms with van der Waals surface area (Å²) in [6.45, 7) is 0.783. The normalized spacial score (nSPS) is 16.9. The average molecular weight is 257 g/mol. The maximum Gasteiger partial charge on any atom is 0.133 e. The van der Waals surface area contributed by atoms with Gasteiger partial charge >= 0.3 is 0 Å². The molecule has 1 aromatic heterocycles. The molecule has 0 atom stereocenters. The molecule has 0 amide bonds. The zero-order chi connectivity index (χ0) is 13.3. The smallest absolute Gasteiger partial charge is 0.133 e. The van der Waals surface area contributed by atoms with Crippen molar-refractivity contribution in [1.29, 1.82) is 0 Å². The molecule has 1 fully saturated rings. The first-order valence-electron chi connectivity index (χ1n) is 6.66. The van der Waals surface area contributed by atoms with Gasteiger partial charge in [-0.2, -0.15) is 0 Å². The summed E-state index contributed by atoms with van der Waals surface area (Å²) in [6.07, 6.45) is 5.24. The molecule has 1 aromatic carbocycles. The van der Waals surface area contributed by atoms with Crippen LogP contribution in [0.4, 0.5) is 5.82 Å². The second-order valence-corrected chi connectivity index (χ2v) is 5.32. The molecule has 2 aromatic rings. The molecule has 0 bridgehead atoms. The molecule has 4 heteroatoms. The topological polar surface area (TPSA) is 60.2 Å². The van der Waals surface area contributed by atoms with Gasteiger partial charge in [0.2, 0.25) is 0 Å². The van der Waals surface area contributed by atoms with Crippen LogP contribution in [-0.2, 0) is 0 Å². The lowest BCUT2D eigenvalue weighted by molar-refractivity contribution is 0.265. The fourth-order valence-corrected chi connectivity index (χ4v) is 2.49. The van der Waals surface area contributed by atoms with Gasteiger partial charge in [-0.3, -0.25) is 0 Å². The Morgan fingerprint density at radius 1 is 1.37 bits per heavy atom. The summed E-state index contributed by atoms with van der Waals surface area (Å²) in [5.41, 5.74) is 6.18. The molecule has 3 N–H and O–H groups in total. The fraction of sp³-hybridized carbons (Fsp3) is 0.400. The Balaban J connectivity index is 1.86. The van der Waals surface area contributed by atoms with Crippen LogP contribution in [0.5, 0.6) is 5.75 Å². The highest BCUT2D eigenvalue weighted by Crippen LogP contribution is 2.30. The first kappa shape index (κ1) is 12.2. The number of ether oxygens (including phenoxy) is 1. The van der Waals surface area contributed by atoms with Gasteiger partial charge in [-0.1, -0.05) is 0 Å². The van der Waals surface area contributed by atoms with Gasteiger partial charge in [0.05, 0.1) is 7.11 Å². The molecule has 100 valence electrons. The number of aromatic nitrogens is 1. The van der Waals surface area contributed by atoms with Gasteiger partial charge in [-0.15, -0.1) is 0 Å². The van der Waals surface area contributed by atoms with E-state index in [9.17, 15) is 0 Å². The van der Waals surface area contributed by atoms with Gasteiger partial charge in [0.1, 0.15) is 11.6 Å². The quantitative estimate of drug-likeness (QED) is 0.883. The minimum atomic E-state index is -0.0453. The predicted molar refractivity (Wildman–Crippen MR) is 77.6 cm³/mol. The number of nitrogens with one attached hydrogen (secondary N) is 1. The minimum Gasteiger partial charge on any atom is -0.497 e. The van der Waals surface area contributed by atoms with Gasteiger partial charge in [0.25, 0.3) is 0 Å². The fourth-order valence-electron chi connectivity index (χ4n) is 2.49.